The number of fused-ring (bicyclic) bond motifs is 1. The molecule has 138 valence electrons. The third kappa shape index (κ3) is 4.75. The molecule has 2 fully saturated rings. The SMILES string of the molecule is CN(Cc1ccccc1)C1CC2CCN(C(=O)OC(C)(C)C)CC2C1. The lowest BCUT2D eigenvalue weighted by Crippen LogP contribution is -2.44. The first-order chi connectivity index (χ1) is 11.8. The average molecular weight is 344 g/mol. The van der Waals surface area contributed by atoms with Crippen molar-refractivity contribution in [2.75, 3.05) is 20.1 Å². The van der Waals surface area contributed by atoms with Crippen molar-refractivity contribution in [2.24, 2.45) is 11.8 Å². The maximum absolute atomic E-state index is 12.4. The molecule has 1 aliphatic carbocycles. The summed E-state index contributed by atoms with van der Waals surface area (Å²) in [5.74, 6) is 1.37. The first-order valence-corrected chi connectivity index (χ1v) is 9.54. The van der Waals surface area contributed by atoms with Gasteiger partial charge in [0.2, 0.25) is 0 Å². The zero-order valence-corrected chi connectivity index (χ0v) is 16.1. The second-order valence-electron chi connectivity index (χ2n) is 8.76. The molecule has 3 rings (SSSR count). The van der Waals surface area contributed by atoms with Gasteiger partial charge in [0.1, 0.15) is 5.60 Å². The molecule has 0 aromatic heterocycles. The molecule has 1 saturated carbocycles. The van der Waals surface area contributed by atoms with E-state index >= 15 is 0 Å². The number of carbonyl (C=O) groups is 1. The van der Waals surface area contributed by atoms with Crippen LogP contribution in [0.15, 0.2) is 30.3 Å². The van der Waals surface area contributed by atoms with Crippen molar-refractivity contribution in [1.29, 1.82) is 0 Å². The third-order valence-electron chi connectivity index (χ3n) is 5.59. The number of piperidine rings is 1. The molecule has 1 aromatic carbocycles. The summed E-state index contributed by atoms with van der Waals surface area (Å²) in [5, 5.41) is 0. The quantitative estimate of drug-likeness (QED) is 0.825. The fourth-order valence-corrected chi connectivity index (χ4v) is 4.31. The van der Waals surface area contributed by atoms with Gasteiger partial charge in [-0.2, -0.15) is 0 Å². The average Bonchev–Trinajstić information content (AvgIpc) is 2.97. The Hall–Kier alpha value is -1.55. The highest BCUT2D eigenvalue weighted by molar-refractivity contribution is 5.68. The van der Waals surface area contributed by atoms with E-state index in [1.807, 2.05) is 25.7 Å². The Bertz CT molecular complexity index is 581. The zero-order valence-electron chi connectivity index (χ0n) is 16.1. The molecule has 0 radical (unpaired) electrons. The summed E-state index contributed by atoms with van der Waals surface area (Å²) in [6.07, 6.45) is 3.41. The Morgan fingerprint density at radius 3 is 2.56 bits per heavy atom. The lowest BCUT2D eigenvalue weighted by Gasteiger charge is -2.35. The first kappa shape index (κ1) is 18.2. The summed E-state index contributed by atoms with van der Waals surface area (Å²) in [6.45, 7) is 8.49. The minimum atomic E-state index is -0.415. The number of nitrogens with zero attached hydrogens (tertiary/aromatic N) is 2. The van der Waals surface area contributed by atoms with E-state index < -0.39 is 5.60 Å². The molecule has 4 nitrogen and oxygen atoms in total. The number of benzene rings is 1. The highest BCUT2D eigenvalue weighted by Crippen LogP contribution is 2.40. The van der Waals surface area contributed by atoms with Crippen LogP contribution >= 0.6 is 0 Å². The second kappa shape index (κ2) is 7.36. The third-order valence-corrected chi connectivity index (χ3v) is 5.59. The molecule has 1 amide bonds. The molecule has 3 unspecified atom stereocenters. The van der Waals surface area contributed by atoms with E-state index in [2.05, 4.69) is 42.3 Å². The Balaban J connectivity index is 1.54. The fraction of sp³-hybridized carbons (Fsp3) is 0.667. The van der Waals surface area contributed by atoms with Gasteiger partial charge in [-0.1, -0.05) is 30.3 Å². The molecule has 0 bridgehead atoms. The van der Waals surface area contributed by atoms with Gasteiger partial charge in [-0.15, -0.1) is 0 Å². The van der Waals surface area contributed by atoms with Crippen LogP contribution in [0.4, 0.5) is 4.79 Å². The highest BCUT2D eigenvalue weighted by atomic mass is 16.6. The molecular formula is C21H32N2O2. The molecule has 1 aliphatic heterocycles. The molecule has 25 heavy (non-hydrogen) atoms. The van der Waals surface area contributed by atoms with Crippen molar-refractivity contribution in [1.82, 2.24) is 9.80 Å². The monoisotopic (exact) mass is 344 g/mol. The Morgan fingerprint density at radius 1 is 1.20 bits per heavy atom. The lowest BCUT2D eigenvalue weighted by molar-refractivity contribution is 0.0127. The van der Waals surface area contributed by atoms with Crippen LogP contribution in [0, 0.1) is 11.8 Å². The van der Waals surface area contributed by atoms with E-state index in [1.165, 1.54) is 18.4 Å². The normalized spacial score (nSPS) is 26.6. The summed E-state index contributed by atoms with van der Waals surface area (Å²) in [4.78, 5) is 16.8. The van der Waals surface area contributed by atoms with Crippen molar-refractivity contribution in [3.8, 4) is 0 Å². The largest absolute Gasteiger partial charge is 0.444 e. The van der Waals surface area contributed by atoms with E-state index in [9.17, 15) is 4.79 Å². The lowest BCUT2D eigenvalue weighted by atomic mass is 9.89. The van der Waals surface area contributed by atoms with Crippen molar-refractivity contribution >= 4 is 6.09 Å². The van der Waals surface area contributed by atoms with Crippen LogP contribution in [0.25, 0.3) is 0 Å². The highest BCUT2D eigenvalue weighted by Gasteiger charge is 2.41. The summed E-state index contributed by atoms with van der Waals surface area (Å²) in [6, 6.07) is 11.3. The van der Waals surface area contributed by atoms with E-state index in [0.717, 1.165) is 32.0 Å². The van der Waals surface area contributed by atoms with Crippen molar-refractivity contribution in [2.45, 2.75) is 58.2 Å². The summed E-state index contributed by atoms with van der Waals surface area (Å²) in [5.41, 5.74) is 0.956. The zero-order chi connectivity index (χ0) is 18.0. The van der Waals surface area contributed by atoms with Crippen LogP contribution in [-0.4, -0.2) is 47.7 Å². The Morgan fingerprint density at radius 2 is 1.88 bits per heavy atom. The van der Waals surface area contributed by atoms with Gasteiger partial charge in [0, 0.05) is 25.7 Å². The van der Waals surface area contributed by atoms with Gasteiger partial charge >= 0.3 is 6.09 Å². The van der Waals surface area contributed by atoms with E-state index in [0.29, 0.717) is 12.0 Å². The van der Waals surface area contributed by atoms with Gasteiger partial charge in [-0.05, 0) is 64.5 Å². The minimum absolute atomic E-state index is 0.146. The molecule has 1 aromatic rings. The van der Waals surface area contributed by atoms with Gasteiger partial charge in [0.05, 0.1) is 0 Å². The van der Waals surface area contributed by atoms with Crippen LogP contribution in [0.5, 0.6) is 0 Å². The predicted octanol–water partition coefficient (Wildman–Crippen LogP) is 4.15. The summed E-state index contributed by atoms with van der Waals surface area (Å²) >= 11 is 0. The number of rotatable bonds is 3. The number of carbonyl (C=O) groups excluding carboxylic acids is 1. The molecule has 2 aliphatic rings. The minimum Gasteiger partial charge on any atom is -0.444 e. The molecule has 3 atom stereocenters. The van der Waals surface area contributed by atoms with Crippen LogP contribution < -0.4 is 0 Å². The van der Waals surface area contributed by atoms with Gasteiger partial charge in [0.25, 0.3) is 0 Å². The maximum atomic E-state index is 12.4. The second-order valence-corrected chi connectivity index (χ2v) is 8.76. The number of ether oxygens (including phenoxy) is 1. The fourth-order valence-electron chi connectivity index (χ4n) is 4.31. The van der Waals surface area contributed by atoms with Crippen LogP contribution in [0.1, 0.15) is 45.6 Å². The number of likely N-dealkylation sites (tertiary alicyclic amines) is 1. The molecule has 1 saturated heterocycles. The van der Waals surface area contributed by atoms with Gasteiger partial charge in [0.15, 0.2) is 0 Å². The maximum Gasteiger partial charge on any atom is 0.410 e. The van der Waals surface area contributed by atoms with Crippen molar-refractivity contribution in [3.05, 3.63) is 35.9 Å². The smallest absolute Gasteiger partial charge is 0.410 e. The standard InChI is InChI=1S/C21H32N2O2/c1-21(2,3)25-20(24)23-11-10-17-12-19(13-18(17)15-23)22(4)14-16-8-6-5-7-9-16/h5-9,17-19H,10-15H2,1-4H3. The Labute approximate surface area is 152 Å². The van der Waals surface area contributed by atoms with E-state index in [-0.39, 0.29) is 6.09 Å². The predicted molar refractivity (Wildman–Crippen MR) is 100 cm³/mol. The summed E-state index contributed by atoms with van der Waals surface area (Å²) < 4.78 is 5.56. The summed E-state index contributed by atoms with van der Waals surface area (Å²) in [7, 11) is 2.24. The van der Waals surface area contributed by atoms with Gasteiger partial charge in [-0.3, -0.25) is 4.90 Å². The number of hydrogen-bond acceptors (Lipinski definition) is 3. The number of amides is 1. The molecule has 4 heteroatoms. The molecule has 1 heterocycles. The Kier molecular flexibility index (Phi) is 5.38. The van der Waals surface area contributed by atoms with E-state index in [1.54, 1.807) is 0 Å². The van der Waals surface area contributed by atoms with Crippen LogP contribution in [-0.2, 0) is 11.3 Å². The van der Waals surface area contributed by atoms with Gasteiger partial charge < -0.3 is 9.64 Å². The topological polar surface area (TPSA) is 32.8 Å². The van der Waals surface area contributed by atoms with E-state index in [4.69, 9.17) is 4.74 Å². The van der Waals surface area contributed by atoms with Crippen LogP contribution in [0.3, 0.4) is 0 Å². The molecule has 0 N–H and O–H groups in total. The molecular weight excluding hydrogens is 312 g/mol. The van der Waals surface area contributed by atoms with Gasteiger partial charge in [-0.25, -0.2) is 4.79 Å². The van der Waals surface area contributed by atoms with Crippen molar-refractivity contribution < 1.29 is 9.53 Å². The first-order valence-electron chi connectivity index (χ1n) is 9.54. The molecule has 0 spiro atoms. The van der Waals surface area contributed by atoms with Crippen LogP contribution in [0.2, 0.25) is 0 Å². The number of hydrogen-bond donors (Lipinski definition) is 0. The van der Waals surface area contributed by atoms with Crippen molar-refractivity contribution in [3.63, 3.8) is 0 Å².